The minimum Gasteiger partial charge on any atom is -0.356 e. The monoisotopic (exact) mass is 356 g/mol. The molecule has 0 bridgehead atoms. The van der Waals surface area contributed by atoms with Gasteiger partial charge in [-0.25, -0.2) is 4.98 Å². The summed E-state index contributed by atoms with van der Waals surface area (Å²) in [5, 5.41) is 6.79. The molecule has 142 valence electrons. The van der Waals surface area contributed by atoms with Crippen LogP contribution in [0, 0.1) is 0 Å². The smallest absolute Gasteiger partial charge is 0.190 e. The summed E-state index contributed by atoms with van der Waals surface area (Å²) in [5.41, 5.74) is 2.12. The number of likely N-dealkylation sites (tertiary alicyclic amines) is 1. The van der Waals surface area contributed by atoms with E-state index < -0.39 is 0 Å². The van der Waals surface area contributed by atoms with E-state index in [0.717, 1.165) is 54.8 Å². The molecular weight excluding hydrogens is 324 g/mol. The number of piperidine rings is 1. The van der Waals surface area contributed by atoms with Crippen LogP contribution >= 0.6 is 0 Å². The standard InChI is InChI=1S/C20H32N6/c1-16-8-5-6-14-26(16)15-7-12-22-20(21-2)23-13-11-19-24-17-9-3-4-10-18(17)25-19/h3-4,9-10,16H,5-8,11-15H2,1-2H3,(H,24,25)(H2,21,22,23). The molecule has 1 aliphatic rings. The summed E-state index contributed by atoms with van der Waals surface area (Å²) >= 11 is 0. The van der Waals surface area contributed by atoms with E-state index in [1.54, 1.807) is 0 Å². The number of para-hydroxylation sites is 2. The normalized spacial score (nSPS) is 19.0. The molecule has 1 aliphatic heterocycles. The molecule has 1 fully saturated rings. The Labute approximate surface area is 156 Å². The first-order chi connectivity index (χ1) is 12.8. The average Bonchev–Trinajstić information content (AvgIpc) is 3.07. The number of guanidine groups is 1. The average molecular weight is 357 g/mol. The number of hydrogen-bond donors (Lipinski definition) is 3. The second-order valence-corrected chi connectivity index (χ2v) is 7.11. The first-order valence-corrected chi connectivity index (χ1v) is 9.88. The van der Waals surface area contributed by atoms with Crippen molar-refractivity contribution < 1.29 is 0 Å². The van der Waals surface area contributed by atoms with Crippen LogP contribution in [-0.2, 0) is 6.42 Å². The van der Waals surface area contributed by atoms with Crippen molar-refractivity contribution in [2.24, 2.45) is 4.99 Å². The molecular formula is C20H32N6. The zero-order valence-electron chi connectivity index (χ0n) is 16.1. The maximum Gasteiger partial charge on any atom is 0.190 e. The number of aromatic nitrogens is 2. The lowest BCUT2D eigenvalue weighted by atomic mass is 10.0. The lowest BCUT2D eigenvalue weighted by molar-refractivity contribution is 0.159. The molecule has 1 aromatic carbocycles. The third-order valence-corrected chi connectivity index (χ3v) is 5.17. The Balaban J connectivity index is 1.34. The van der Waals surface area contributed by atoms with Crippen molar-refractivity contribution in [3.63, 3.8) is 0 Å². The van der Waals surface area contributed by atoms with Crippen LogP contribution in [0.2, 0.25) is 0 Å². The molecule has 6 nitrogen and oxygen atoms in total. The Kier molecular flexibility index (Phi) is 6.89. The van der Waals surface area contributed by atoms with Gasteiger partial charge in [-0.15, -0.1) is 0 Å². The lowest BCUT2D eigenvalue weighted by Crippen LogP contribution is -2.41. The highest BCUT2D eigenvalue weighted by Crippen LogP contribution is 2.16. The largest absolute Gasteiger partial charge is 0.356 e. The van der Waals surface area contributed by atoms with Gasteiger partial charge in [-0.2, -0.15) is 0 Å². The molecule has 26 heavy (non-hydrogen) atoms. The molecule has 0 amide bonds. The maximum absolute atomic E-state index is 4.61. The molecule has 0 aliphatic carbocycles. The van der Waals surface area contributed by atoms with Gasteiger partial charge in [0, 0.05) is 39.1 Å². The number of aliphatic imine (C=N–C) groups is 1. The van der Waals surface area contributed by atoms with Crippen molar-refractivity contribution in [3.8, 4) is 0 Å². The Morgan fingerprint density at radius 1 is 1.27 bits per heavy atom. The molecule has 0 spiro atoms. The Hall–Kier alpha value is -2.08. The van der Waals surface area contributed by atoms with E-state index in [4.69, 9.17) is 0 Å². The van der Waals surface area contributed by atoms with Crippen LogP contribution in [0.25, 0.3) is 11.0 Å². The van der Waals surface area contributed by atoms with E-state index in [-0.39, 0.29) is 0 Å². The number of nitrogens with one attached hydrogen (secondary N) is 3. The summed E-state index contributed by atoms with van der Waals surface area (Å²) in [4.78, 5) is 14.9. The zero-order valence-corrected chi connectivity index (χ0v) is 16.1. The van der Waals surface area contributed by atoms with E-state index in [0.29, 0.717) is 0 Å². The molecule has 3 N–H and O–H groups in total. The zero-order chi connectivity index (χ0) is 18.2. The van der Waals surface area contributed by atoms with Crippen LogP contribution in [0.5, 0.6) is 0 Å². The number of rotatable bonds is 7. The molecule has 1 aromatic heterocycles. The summed E-state index contributed by atoms with van der Waals surface area (Å²) in [6.45, 7) is 6.54. The van der Waals surface area contributed by atoms with Gasteiger partial charge in [-0.1, -0.05) is 18.6 Å². The predicted octanol–water partition coefficient (Wildman–Crippen LogP) is 2.53. The lowest BCUT2D eigenvalue weighted by Gasteiger charge is -2.33. The summed E-state index contributed by atoms with van der Waals surface area (Å²) < 4.78 is 0. The van der Waals surface area contributed by atoms with E-state index >= 15 is 0 Å². The summed E-state index contributed by atoms with van der Waals surface area (Å²) in [6.07, 6.45) is 6.08. The van der Waals surface area contributed by atoms with Gasteiger partial charge in [0.2, 0.25) is 0 Å². The number of H-pyrrole nitrogens is 1. The number of fused-ring (bicyclic) bond motifs is 1. The minimum atomic E-state index is 0.741. The molecule has 2 heterocycles. The molecule has 6 heteroatoms. The highest BCUT2D eigenvalue weighted by Gasteiger charge is 2.17. The van der Waals surface area contributed by atoms with Gasteiger partial charge in [0.15, 0.2) is 5.96 Å². The van der Waals surface area contributed by atoms with E-state index in [1.165, 1.54) is 32.4 Å². The highest BCUT2D eigenvalue weighted by atomic mass is 15.2. The molecule has 0 saturated carbocycles. The maximum atomic E-state index is 4.61. The third kappa shape index (κ3) is 5.21. The second kappa shape index (κ2) is 9.57. The number of benzene rings is 1. The second-order valence-electron chi connectivity index (χ2n) is 7.11. The van der Waals surface area contributed by atoms with Gasteiger partial charge in [-0.3, -0.25) is 4.99 Å². The molecule has 1 atom stereocenters. The number of imidazole rings is 1. The summed E-state index contributed by atoms with van der Waals surface area (Å²) in [7, 11) is 1.82. The molecule has 2 aromatic rings. The van der Waals surface area contributed by atoms with Crippen LogP contribution < -0.4 is 10.6 Å². The van der Waals surface area contributed by atoms with Gasteiger partial charge in [0.1, 0.15) is 5.82 Å². The van der Waals surface area contributed by atoms with E-state index in [1.807, 2.05) is 25.2 Å². The van der Waals surface area contributed by atoms with Gasteiger partial charge < -0.3 is 20.5 Å². The van der Waals surface area contributed by atoms with Crippen LogP contribution in [0.4, 0.5) is 0 Å². The van der Waals surface area contributed by atoms with Crippen LogP contribution in [0.15, 0.2) is 29.3 Å². The minimum absolute atomic E-state index is 0.741. The topological polar surface area (TPSA) is 68.3 Å². The van der Waals surface area contributed by atoms with Crippen molar-refractivity contribution in [1.29, 1.82) is 0 Å². The van der Waals surface area contributed by atoms with Gasteiger partial charge in [-0.05, 0) is 44.9 Å². The number of hydrogen-bond acceptors (Lipinski definition) is 3. The Morgan fingerprint density at radius 3 is 2.92 bits per heavy atom. The first-order valence-electron chi connectivity index (χ1n) is 9.88. The SMILES string of the molecule is CN=C(NCCCN1CCCCC1C)NCCc1nc2ccccc2[nH]1. The van der Waals surface area contributed by atoms with Crippen molar-refractivity contribution in [2.45, 2.75) is 45.1 Å². The van der Waals surface area contributed by atoms with Crippen molar-refractivity contribution in [2.75, 3.05) is 33.2 Å². The molecule has 1 unspecified atom stereocenters. The molecule has 1 saturated heterocycles. The molecule has 3 rings (SSSR count). The van der Waals surface area contributed by atoms with Gasteiger partial charge in [0.05, 0.1) is 11.0 Å². The predicted molar refractivity (Wildman–Crippen MR) is 109 cm³/mol. The van der Waals surface area contributed by atoms with E-state index in [2.05, 4.69) is 43.5 Å². The van der Waals surface area contributed by atoms with Gasteiger partial charge >= 0.3 is 0 Å². The first kappa shape index (κ1) is 18.7. The summed E-state index contributed by atoms with van der Waals surface area (Å²) in [6, 6.07) is 8.88. The Bertz CT molecular complexity index is 674. The number of nitrogens with zero attached hydrogens (tertiary/aromatic N) is 3. The number of aromatic amines is 1. The van der Waals surface area contributed by atoms with Crippen molar-refractivity contribution in [3.05, 3.63) is 30.1 Å². The van der Waals surface area contributed by atoms with Crippen molar-refractivity contribution in [1.82, 2.24) is 25.5 Å². The fourth-order valence-electron chi connectivity index (χ4n) is 3.62. The van der Waals surface area contributed by atoms with Crippen molar-refractivity contribution >= 4 is 17.0 Å². The molecule has 0 radical (unpaired) electrons. The summed E-state index contributed by atoms with van der Waals surface area (Å²) in [5.74, 6) is 1.88. The Morgan fingerprint density at radius 2 is 2.12 bits per heavy atom. The van der Waals surface area contributed by atoms with Crippen LogP contribution in [-0.4, -0.2) is 60.1 Å². The fraction of sp³-hybridized carbons (Fsp3) is 0.600. The van der Waals surface area contributed by atoms with E-state index in [9.17, 15) is 0 Å². The fourth-order valence-corrected chi connectivity index (χ4v) is 3.62. The quantitative estimate of drug-likeness (QED) is 0.405. The van der Waals surface area contributed by atoms with Crippen LogP contribution in [0.1, 0.15) is 38.4 Å². The highest BCUT2D eigenvalue weighted by molar-refractivity contribution is 5.79. The van der Waals surface area contributed by atoms with Gasteiger partial charge in [0.25, 0.3) is 0 Å². The van der Waals surface area contributed by atoms with Crippen LogP contribution in [0.3, 0.4) is 0 Å². The third-order valence-electron chi connectivity index (χ3n) is 5.17.